The molecular formula is C19H21N5O. The Balaban J connectivity index is 1.68. The highest BCUT2D eigenvalue weighted by atomic mass is 16.2. The van der Waals surface area contributed by atoms with Crippen molar-refractivity contribution in [2.24, 2.45) is 0 Å². The van der Waals surface area contributed by atoms with Crippen LogP contribution in [0.25, 0.3) is 0 Å². The monoisotopic (exact) mass is 335 g/mol. The predicted molar refractivity (Wildman–Crippen MR) is 95.4 cm³/mol. The molecule has 1 amide bonds. The van der Waals surface area contributed by atoms with Gasteiger partial charge < -0.3 is 10.2 Å². The van der Waals surface area contributed by atoms with Crippen LogP contribution in [-0.2, 0) is 0 Å². The maximum absolute atomic E-state index is 12.7. The summed E-state index contributed by atoms with van der Waals surface area (Å²) in [6.07, 6.45) is 7.35. The fourth-order valence-corrected chi connectivity index (χ4v) is 3.12. The van der Waals surface area contributed by atoms with Gasteiger partial charge in [-0.1, -0.05) is 6.92 Å². The van der Waals surface area contributed by atoms with E-state index in [2.05, 4.69) is 28.3 Å². The van der Waals surface area contributed by atoms with Gasteiger partial charge in [-0.2, -0.15) is 5.26 Å². The molecule has 0 saturated carbocycles. The molecule has 128 valence electrons. The van der Waals surface area contributed by atoms with E-state index >= 15 is 0 Å². The van der Waals surface area contributed by atoms with Crippen LogP contribution >= 0.6 is 0 Å². The van der Waals surface area contributed by atoms with Gasteiger partial charge in [-0.25, -0.2) is 9.97 Å². The van der Waals surface area contributed by atoms with Crippen LogP contribution in [0.4, 0.5) is 11.5 Å². The summed E-state index contributed by atoms with van der Waals surface area (Å²) in [5, 5.41) is 11.9. The van der Waals surface area contributed by atoms with Gasteiger partial charge in [0.2, 0.25) is 0 Å². The number of hydrogen-bond donors (Lipinski definition) is 1. The Morgan fingerprint density at radius 1 is 1.28 bits per heavy atom. The first-order chi connectivity index (χ1) is 12.2. The molecule has 1 fully saturated rings. The van der Waals surface area contributed by atoms with E-state index in [0.717, 1.165) is 31.5 Å². The van der Waals surface area contributed by atoms with Gasteiger partial charge in [-0.05, 0) is 49.9 Å². The van der Waals surface area contributed by atoms with E-state index in [-0.39, 0.29) is 5.91 Å². The molecule has 6 heteroatoms. The average Bonchev–Trinajstić information content (AvgIpc) is 2.68. The average molecular weight is 335 g/mol. The number of nitriles is 1. The third-order valence-corrected chi connectivity index (χ3v) is 4.52. The molecule has 1 aromatic heterocycles. The number of carbonyl (C=O) groups excluding carboxylic acids is 1. The number of benzene rings is 1. The number of nitrogens with one attached hydrogen (secondary N) is 1. The molecule has 1 aliphatic rings. The minimum atomic E-state index is -0.0380. The molecule has 2 heterocycles. The fraction of sp³-hybridized carbons (Fsp3) is 0.368. The topological polar surface area (TPSA) is 81.9 Å². The van der Waals surface area contributed by atoms with Crippen LogP contribution in [0.5, 0.6) is 0 Å². The number of nitrogens with zero attached hydrogens (tertiary/aromatic N) is 4. The Bertz CT molecular complexity index is 764. The lowest BCUT2D eigenvalue weighted by atomic mass is 10.00. The number of likely N-dealkylation sites (tertiary alicyclic amines) is 1. The third-order valence-electron chi connectivity index (χ3n) is 4.52. The minimum Gasteiger partial charge on any atom is -0.339 e. The summed E-state index contributed by atoms with van der Waals surface area (Å²) >= 11 is 0. The quantitative estimate of drug-likeness (QED) is 0.925. The lowest BCUT2D eigenvalue weighted by molar-refractivity contribution is 0.0601. The second-order valence-corrected chi connectivity index (χ2v) is 6.16. The van der Waals surface area contributed by atoms with Gasteiger partial charge >= 0.3 is 0 Å². The van der Waals surface area contributed by atoms with Crippen molar-refractivity contribution in [3.63, 3.8) is 0 Å². The van der Waals surface area contributed by atoms with E-state index in [1.54, 1.807) is 30.5 Å². The molecule has 0 bridgehead atoms. The first-order valence-electron chi connectivity index (χ1n) is 8.61. The Hall–Kier alpha value is -2.94. The highest BCUT2D eigenvalue weighted by Crippen LogP contribution is 2.21. The Kier molecular flexibility index (Phi) is 5.24. The molecule has 1 atom stereocenters. The van der Waals surface area contributed by atoms with Crippen molar-refractivity contribution in [1.82, 2.24) is 14.9 Å². The van der Waals surface area contributed by atoms with Crippen molar-refractivity contribution in [3.05, 3.63) is 47.9 Å². The normalized spacial score (nSPS) is 17.0. The summed E-state index contributed by atoms with van der Waals surface area (Å²) in [4.78, 5) is 23.2. The number of hydrogen-bond acceptors (Lipinski definition) is 5. The number of amides is 1. The van der Waals surface area contributed by atoms with Gasteiger partial charge in [-0.3, -0.25) is 4.79 Å². The Morgan fingerprint density at radius 3 is 2.72 bits per heavy atom. The lowest BCUT2D eigenvalue weighted by Crippen LogP contribution is -2.43. The van der Waals surface area contributed by atoms with Crippen molar-refractivity contribution in [3.8, 4) is 6.07 Å². The second kappa shape index (κ2) is 7.75. The molecule has 0 aliphatic carbocycles. The first kappa shape index (κ1) is 16.9. The summed E-state index contributed by atoms with van der Waals surface area (Å²) < 4.78 is 0. The van der Waals surface area contributed by atoms with E-state index in [0.29, 0.717) is 23.1 Å². The summed E-state index contributed by atoms with van der Waals surface area (Å²) in [5.74, 6) is 0.524. The van der Waals surface area contributed by atoms with Crippen LogP contribution in [0.3, 0.4) is 0 Å². The Labute approximate surface area is 147 Å². The fourth-order valence-electron chi connectivity index (χ4n) is 3.12. The van der Waals surface area contributed by atoms with Gasteiger partial charge in [0.1, 0.15) is 11.5 Å². The second-order valence-electron chi connectivity index (χ2n) is 6.16. The number of carbonyl (C=O) groups is 1. The summed E-state index contributed by atoms with van der Waals surface area (Å²) in [5.41, 5.74) is 1.80. The molecule has 1 saturated heterocycles. The van der Waals surface area contributed by atoms with Crippen LogP contribution in [0.2, 0.25) is 0 Å². The molecule has 1 N–H and O–H groups in total. The maximum Gasteiger partial charge on any atom is 0.274 e. The van der Waals surface area contributed by atoms with E-state index < -0.39 is 0 Å². The predicted octanol–water partition coefficient (Wildman–Crippen LogP) is 3.50. The number of anilines is 2. The number of rotatable bonds is 4. The van der Waals surface area contributed by atoms with Crippen LogP contribution in [0.15, 0.2) is 36.7 Å². The van der Waals surface area contributed by atoms with Crippen LogP contribution < -0.4 is 5.32 Å². The third kappa shape index (κ3) is 3.94. The zero-order valence-electron chi connectivity index (χ0n) is 14.3. The van der Waals surface area contributed by atoms with Crippen LogP contribution in [-0.4, -0.2) is 33.4 Å². The van der Waals surface area contributed by atoms with Crippen LogP contribution in [0.1, 0.15) is 48.7 Å². The molecule has 6 nitrogen and oxygen atoms in total. The summed E-state index contributed by atoms with van der Waals surface area (Å²) in [6, 6.07) is 9.46. The Morgan fingerprint density at radius 2 is 2.08 bits per heavy atom. The van der Waals surface area contributed by atoms with E-state index in [4.69, 9.17) is 5.26 Å². The molecule has 1 aromatic carbocycles. The summed E-state index contributed by atoms with van der Waals surface area (Å²) in [6.45, 7) is 2.91. The van der Waals surface area contributed by atoms with E-state index in [1.165, 1.54) is 12.6 Å². The number of aromatic nitrogens is 2. The lowest BCUT2D eigenvalue weighted by Gasteiger charge is -2.34. The molecule has 1 unspecified atom stereocenters. The zero-order chi connectivity index (χ0) is 17.6. The molecule has 3 rings (SSSR count). The van der Waals surface area contributed by atoms with E-state index in [1.807, 2.05) is 4.90 Å². The van der Waals surface area contributed by atoms with Gasteiger partial charge in [0.15, 0.2) is 0 Å². The largest absolute Gasteiger partial charge is 0.339 e. The van der Waals surface area contributed by atoms with Gasteiger partial charge in [-0.15, -0.1) is 0 Å². The molecule has 1 aliphatic heterocycles. The smallest absolute Gasteiger partial charge is 0.274 e. The molecular weight excluding hydrogens is 314 g/mol. The maximum atomic E-state index is 12.7. The van der Waals surface area contributed by atoms with Crippen molar-refractivity contribution in [1.29, 1.82) is 5.26 Å². The molecule has 25 heavy (non-hydrogen) atoms. The zero-order valence-corrected chi connectivity index (χ0v) is 14.3. The molecule has 0 spiro atoms. The number of piperidine rings is 1. The van der Waals surface area contributed by atoms with Gasteiger partial charge in [0, 0.05) is 18.3 Å². The van der Waals surface area contributed by atoms with Gasteiger partial charge in [0.25, 0.3) is 5.91 Å². The van der Waals surface area contributed by atoms with Gasteiger partial charge in [0.05, 0.1) is 24.0 Å². The van der Waals surface area contributed by atoms with E-state index in [9.17, 15) is 4.79 Å². The minimum absolute atomic E-state index is 0.0380. The highest BCUT2D eigenvalue weighted by Gasteiger charge is 2.27. The van der Waals surface area contributed by atoms with Crippen molar-refractivity contribution >= 4 is 17.4 Å². The summed E-state index contributed by atoms with van der Waals surface area (Å²) in [7, 11) is 0. The molecule has 2 aromatic rings. The first-order valence-corrected chi connectivity index (χ1v) is 8.61. The van der Waals surface area contributed by atoms with Crippen molar-refractivity contribution in [2.75, 3.05) is 11.9 Å². The van der Waals surface area contributed by atoms with Crippen molar-refractivity contribution in [2.45, 2.75) is 38.6 Å². The highest BCUT2D eigenvalue weighted by molar-refractivity contribution is 5.92. The molecule has 0 radical (unpaired) electrons. The SMILES string of the molecule is CCC1CCCCN1C(=O)c1cnc(Nc2ccc(C#N)cc2)cn1. The van der Waals surface area contributed by atoms with Crippen molar-refractivity contribution < 1.29 is 4.79 Å². The van der Waals surface area contributed by atoms with Crippen LogP contribution in [0, 0.1) is 11.3 Å². The standard InChI is InChI=1S/C19H21N5O/c1-2-16-5-3-4-10-24(16)19(25)17-12-22-18(13-21-17)23-15-8-6-14(11-20)7-9-15/h6-9,12-13,16H,2-5,10H2,1H3,(H,22,23).